The second kappa shape index (κ2) is 12.2. The minimum absolute atomic E-state index is 0.195. The van der Waals surface area contributed by atoms with Gasteiger partial charge in [0.25, 0.3) is 0 Å². The molecular weight excluding hydrogens is 394 g/mol. The van der Waals surface area contributed by atoms with Crippen molar-refractivity contribution in [2.45, 2.75) is 64.3 Å². The van der Waals surface area contributed by atoms with Gasteiger partial charge in [0, 0.05) is 6.54 Å². The van der Waals surface area contributed by atoms with E-state index in [1.807, 2.05) is 6.92 Å². The van der Waals surface area contributed by atoms with Crippen molar-refractivity contribution in [3.63, 3.8) is 0 Å². The summed E-state index contributed by atoms with van der Waals surface area (Å²) < 4.78 is 0. The lowest BCUT2D eigenvalue weighted by molar-refractivity contribution is -0.139. The third kappa shape index (κ3) is 7.06. The van der Waals surface area contributed by atoms with Crippen LogP contribution < -0.4 is 21.7 Å². The number of hydrogen-bond acceptors (Lipinski definition) is 7. The monoisotopic (exact) mass is 426 g/mol. The van der Waals surface area contributed by atoms with Crippen LogP contribution in [0.25, 0.3) is 0 Å². The van der Waals surface area contributed by atoms with Crippen molar-refractivity contribution >= 4 is 29.9 Å². The maximum absolute atomic E-state index is 12.7. The first-order valence-corrected chi connectivity index (χ1v) is 10.1. The van der Waals surface area contributed by atoms with E-state index in [1.54, 1.807) is 6.92 Å². The Balaban J connectivity index is 2.73. The average Bonchev–Trinajstić information content (AvgIpc) is 3.22. The molecule has 0 aromatic rings. The number of carbonyl (C=O) groups excluding carboxylic acids is 5. The zero-order valence-electron chi connectivity index (χ0n) is 17.6. The van der Waals surface area contributed by atoms with Gasteiger partial charge in [-0.25, -0.2) is 0 Å². The van der Waals surface area contributed by atoms with Crippen LogP contribution in [0.1, 0.15) is 40.0 Å². The Kier molecular flexibility index (Phi) is 10.4. The molecule has 1 saturated heterocycles. The van der Waals surface area contributed by atoms with Gasteiger partial charge in [0.2, 0.25) is 29.9 Å². The molecule has 5 atom stereocenters. The van der Waals surface area contributed by atoms with Gasteiger partial charge in [0.1, 0.15) is 18.1 Å². The summed E-state index contributed by atoms with van der Waals surface area (Å²) in [5.41, 5.74) is 5.40. The zero-order chi connectivity index (χ0) is 22.8. The Morgan fingerprint density at radius 3 is 2.43 bits per heavy atom. The third-order valence-corrected chi connectivity index (χ3v) is 5.19. The summed E-state index contributed by atoms with van der Waals surface area (Å²) in [6.07, 6.45) is 2.12. The molecule has 1 radical (unpaired) electrons. The fourth-order valence-electron chi connectivity index (χ4n) is 3.16. The molecule has 1 aliphatic rings. The van der Waals surface area contributed by atoms with E-state index in [4.69, 9.17) is 5.73 Å². The topological polar surface area (TPSA) is 171 Å². The van der Waals surface area contributed by atoms with Crippen molar-refractivity contribution in [2.75, 3.05) is 19.6 Å². The first kappa shape index (κ1) is 25.5. The van der Waals surface area contributed by atoms with E-state index in [1.165, 1.54) is 18.1 Å². The van der Waals surface area contributed by atoms with E-state index in [9.17, 15) is 29.1 Å². The molecule has 0 unspecified atom stereocenters. The normalized spacial score (nSPS) is 19.9. The molecule has 6 N–H and O–H groups in total. The van der Waals surface area contributed by atoms with Crippen LogP contribution in [0.5, 0.6) is 0 Å². The number of rotatable bonds is 11. The van der Waals surface area contributed by atoms with E-state index in [0.29, 0.717) is 25.8 Å². The fourth-order valence-corrected chi connectivity index (χ4v) is 3.16. The number of hydrogen-bond donors (Lipinski definition) is 5. The molecule has 4 amide bonds. The minimum Gasteiger partial charge on any atom is -0.391 e. The molecule has 1 fully saturated rings. The molecule has 1 rings (SSSR count). The van der Waals surface area contributed by atoms with Crippen molar-refractivity contribution in [3.05, 3.63) is 0 Å². The highest BCUT2D eigenvalue weighted by Crippen LogP contribution is 2.18. The molecule has 30 heavy (non-hydrogen) atoms. The van der Waals surface area contributed by atoms with Crippen LogP contribution >= 0.6 is 0 Å². The SMILES string of the molecule is CC[C@H](C)[C@H](NC(=O)[C@@H]1CCCN1C(=O)CN)C(=O)NCC(=O)N[C@H]([C]=O)[C@@H](C)O. The van der Waals surface area contributed by atoms with Gasteiger partial charge in [-0.15, -0.1) is 0 Å². The van der Waals surface area contributed by atoms with Gasteiger partial charge in [0.15, 0.2) is 0 Å². The molecule has 0 aromatic heterocycles. The lowest BCUT2D eigenvalue weighted by Crippen LogP contribution is -2.56. The molecule has 0 aliphatic carbocycles. The first-order chi connectivity index (χ1) is 14.2. The van der Waals surface area contributed by atoms with Crippen molar-refractivity contribution in [1.82, 2.24) is 20.9 Å². The van der Waals surface area contributed by atoms with Gasteiger partial charge < -0.3 is 31.7 Å². The molecule has 1 heterocycles. The van der Waals surface area contributed by atoms with Crippen LogP contribution in [0.2, 0.25) is 0 Å². The summed E-state index contributed by atoms with van der Waals surface area (Å²) in [6.45, 7) is 4.77. The maximum atomic E-state index is 12.7. The summed E-state index contributed by atoms with van der Waals surface area (Å²) in [6, 6.07) is -2.79. The molecule has 11 nitrogen and oxygen atoms in total. The van der Waals surface area contributed by atoms with Crippen LogP contribution in [-0.2, 0) is 24.0 Å². The minimum atomic E-state index is -1.20. The molecule has 169 valence electrons. The number of nitrogens with zero attached hydrogens (tertiary/aromatic N) is 1. The summed E-state index contributed by atoms with van der Waals surface area (Å²) in [5.74, 6) is -2.24. The van der Waals surface area contributed by atoms with Gasteiger partial charge in [-0.1, -0.05) is 20.3 Å². The van der Waals surface area contributed by atoms with Crippen LogP contribution in [0.15, 0.2) is 0 Å². The summed E-state index contributed by atoms with van der Waals surface area (Å²) in [7, 11) is 0. The highest BCUT2D eigenvalue weighted by Gasteiger charge is 2.36. The second-order valence-electron chi connectivity index (χ2n) is 7.44. The van der Waals surface area contributed by atoms with Crippen molar-refractivity contribution in [1.29, 1.82) is 0 Å². The lowest BCUT2D eigenvalue weighted by atomic mass is 9.97. The molecule has 0 spiro atoms. The number of aliphatic hydroxyl groups is 1. The molecule has 11 heteroatoms. The van der Waals surface area contributed by atoms with Crippen LogP contribution in [-0.4, -0.2) is 83.8 Å². The quantitative estimate of drug-likeness (QED) is 0.244. The van der Waals surface area contributed by atoms with E-state index in [0.717, 1.165) is 0 Å². The predicted molar refractivity (Wildman–Crippen MR) is 107 cm³/mol. The van der Waals surface area contributed by atoms with E-state index in [-0.39, 0.29) is 18.4 Å². The number of amides is 4. The predicted octanol–water partition coefficient (Wildman–Crippen LogP) is -2.44. The molecular formula is C19H32N5O6. The largest absolute Gasteiger partial charge is 0.391 e. The molecule has 1 aliphatic heterocycles. The van der Waals surface area contributed by atoms with Crippen molar-refractivity contribution in [2.24, 2.45) is 11.7 Å². The highest BCUT2D eigenvalue weighted by atomic mass is 16.3. The van der Waals surface area contributed by atoms with Gasteiger partial charge in [-0.05, 0) is 25.7 Å². The number of likely N-dealkylation sites (tertiary alicyclic amines) is 1. The first-order valence-electron chi connectivity index (χ1n) is 10.1. The Labute approximate surface area is 176 Å². The Morgan fingerprint density at radius 2 is 1.90 bits per heavy atom. The van der Waals surface area contributed by atoms with Crippen LogP contribution in [0.4, 0.5) is 0 Å². The van der Waals surface area contributed by atoms with Crippen molar-refractivity contribution in [3.8, 4) is 0 Å². The lowest BCUT2D eigenvalue weighted by Gasteiger charge is -2.28. The number of nitrogens with two attached hydrogens (primary N) is 1. The van der Waals surface area contributed by atoms with Gasteiger partial charge in [0.05, 0.1) is 19.2 Å². The second-order valence-corrected chi connectivity index (χ2v) is 7.44. The number of aliphatic hydroxyl groups excluding tert-OH is 1. The van der Waals surface area contributed by atoms with Crippen LogP contribution in [0, 0.1) is 5.92 Å². The maximum Gasteiger partial charge on any atom is 0.243 e. The van der Waals surface area contributed by atoms with E-state index in [2.05, 4.69) is 16.0 Å². The fraction of sp³-hybridized carbons (Fsp3) is 0.737. The highest BCUT2D eigenvalue weighted by molar-refractivity contribution is 5.94. The molecule has 0 bridgehead atoms. The van der Waals surface area contributed by atoms with E-state index < -0.39 is 48.5 Å². The summed E-state index contributed by atoms with van der Waals surface area (Å²) in [4.78, 5) is 61.3. The standard InChI is InChI=1S/C19H32N5O6/c1-4-11(2)17(19(30)21-9-15(27)22-13(10-25)12(3)26)23-18(29)14-6-5-7-24(14)16(28)8-20/h11-14,17,26H,4-9,20H2,1-3H3,(H,21,30)(H,22,27)(H,23,29)/t11-,12+,13+,14-,17-/m0/s1. The van der Waals surface area contributed by atoms with Crippen molar-refractivity contribution < 1.29 is 29.1 Å². The Morgan fingerprint density at radius 1 is 1.23 bits per heavy atom. The van der Waals surface area contributed by atoms with Gasteiger partial charge in [-0.3, -0.25) is 24.0 Å². The smallest absolute Gasteiger partial charge is 0.243 e. The average molecular weight is 426 g/mol. The third-order valence-electron chi connectivity index (χ3n) is 5.19. The Hall–Kier alpha value is -2.53. The molecule has 0 aromatic carbocycles. The summed E-state index contributed by atoms with van der Waals surface area (Å²) >= 11 is 0. The number of carbonyl (C=O) groups is 4. The summed E-state index contributed by atoms with van der Waals surface area (Å²) in [5, 5.41) is 16.7. The number of nitrogens with one attached hydrogen (secondary N) is 3. The van der Waals surface area contributed by atoms with Gasteiger partial charge in [-0.2, -0.15) is 0 Å². The van der Waals surface area contributed by atoms with E-state index >= 15 is 0 Å². The Bertz CT molecular complexity index is 641. The zero-order valence-corrected chi connectivity index (χ0v) is 17.6. The van der Waals surface area contributed by atoms with Crippen LogP contribution in [0.3, 0.4) is 0 Å². The molecule has 0 saturated carbocycles. The van der Waals surface area contributed by atoms with Gasteiger partial charge >= 0.3 is 0 Å².